The standard InChI is InChI=1S/C21H25BrClNO/c1-15-2-7-20(22)18(12-15)13-16-8-10-24(11-9-16)14-21(25)17-3-5-19(23)6-4-17/h2-7,12,16,21,25H,8-11,13-14H2,1H3. The van der Waals surface area contributed by atoms with E-state index in [0.717, 1.165) is 31.0 Å². The normalized spacial score (nSPS) is 17.6. The Morgan fingerprint density at radius 2 is 1.84 bits per heavy atom. The lowest BCUT2D eigenvalue weighted by Gasteiger charge is -2.33. The Balaban J connectivity index is 1.50. The fourth-order valence-corrected chi connectivity index (χ4v) is 4.11. The zero-order valence-corrected chi connectivity index (χ0v) is 16.9. The van der Waals surface area contributed by atoms with Crippen molar-refractivity contribution in [3.63, 3.8) is 0 Å². The summed E-state index contributed by atoms with van der Waals surface area (Å²) in [5, 5.41) is 11.1. The third kappa shape index (κ3) is 5.30. The zero-order chi connectivity index (χ0) is 17.8. The van der Waals surface area contributed by atoms with E-state index >= 15 is 0 Å². The summed E-state index contributed by atoms with van der Waals surface area (Å²) in [4.78, 5) is 2.38. The molecule has 1 saturated heterocycles. The van der Waals surface area contributed by atoms with Gasteiger partial charge >= 0.3 is 0 Å². The van der Waals surface area contributed by atoms with Crippen LogP contribution < -0.4 is 0 Å². The molecule has 0 aliphatic carbocycles. The van der Waals surface area contributed by atoms with Gasteiger partial charge in [0.1, 0.15) is 0 Å². The van der Waals surface area contributed by atoms with Crippen LogP contribution in [-0.4, -0.2) is 29.6 Å². The first-order chi connectivity index (χ1) is 12.0. The number of hydrogen-bond donors (Lipinski definition) is 1. The van der Waals surface area contributed by atoms with Gasteiger partial charge in [-0.25, -0.2) is 0 Å². The number of hydrogen-bond acceptors (Lipinski definition) is 2. The summed E-state index contributed by atoms with van der Waals surface area (Å²) in [6.45, 7) is 4.96. The minimum atomic E-state index is -0.445. The monoisotopic (exact) mass is 421 g/mol. The number of likely N-dealkylation sites (tertiary alicyclic amines) is 1. The summed E-state index contributed by atoms with van der Waals surface area (Å²) in [6, 6.07) is 14.1. The minimum absolute atomic E-state index is 0.445. The van der Waals surface area contributed by atoms with E-state index in [9.17, 15) is 5.11 Å². The molecule has 1 heterocycles. The third-order valence-electron chi connectivity index (χ3n) is 5.10. The predicted molar refractivity (Wildman–Crippen MR) is 108 cm³/mol. The summed E-state index contributed by atoms with van der Waals surface area (Å²) >= 11 is 9.60. The van der Waals surface area contributed by atoms with Gasteiger partial charge in [-0.05, 0) is 74.5 Å². The largest absolute Gasteiger partial charge is 0.387 e. The van der Waals surface area contributed by atoms with Gasteiger partial charge in [0.25, 0.3) is 0 Å². The molecule has 134 valence electrons. The Hall–Kier alpha value is -0.870. The van der Waals surface area contributed by atoms with Crippen molar-refractivity contribution in [1.29, 1.82) is 0 Å². The van der Waals surface area contributed by atoms with Gasteiger partial charge in [-0.2, -0.15) is 0 Å². The van der Waals surface area contributed by atoms with E-state index in [4.69, 9.17) is 11.6 Å². The molecule has 0 radical (unpaired) electrons. The highest BCUT2D eigenvalue weighted by Gasteiger charge is 2.22. The number of piperidine rings is 1. The fraction of sp³-hybridized carbons (Fsp3) is 0.429. The van der Waals surface area contributed by atoms with Crippen LogP contribution in [0.4, 0.5) is 0 Å². The summed E-state index contributed by atoms with van der Waals surface area (Å²) in [6.07, 6.45) is 3.07. The van der Waals surface area contributed by atoms with Crippen molar-refractivity contribution < 1.29 is 5.11 Å². The average Bonchev–Trinajstić information content (AvgIpc) is 2.60. The number of halogens is 2. The van der Waals surface area contributed by atoms with Crippen LogP contribution in [0.15, 0.2) is 46.9 Å². The Labute approximate surface area is 163 Å². The highest BCUT2D eigenvalue weighted by molar-refractivity contribution is 9.10. The van der Waals surface area contributed by atoms with E-state index in [1.54, 1.807) is 0 Å². The SMILES string of the molecule is Cc1ccc(Br)c(CC2CCN(CC(O)c3ccc(Cl)cc3)CC2)c1. The zero-order valence-electron chi connectivity index (χ0n) is 14.6. The predicted octanol–water partition coefficient (Wildman–Crippen LogP) is 5.40. The average molecular weight is 423 g/mol. The Morgan fingerprint density at radius 1 is 1.16 bits per heavy atom. The fourth-order valence-electron chi connectivity index (χ4n) is 3.58. The first kappa shape index (κ1) is 18.9. The number of benzene rings is 2. The number of aliphatic hydroxyl groups excluding tert-OH is 1. The molecule has 2 aromatic carbocycles. The second kappa shape index (κ2) is 8.68. The van der Waals surface area contributed by atoms with Crippen molar-refractivity contribution in [2.24, 2.45) is 5.92 Å². The molecule has 0 spiro atoms. The molecule has 2 nitrogen and oxygen atoms in total. The Bertz CT molecular complexity index is 696. The number of aryl methyl sites for hydroxylation is 1. The summed E-state index contributed by atoms with van der Waals surface area (Å²) in [5.41, 5.74) is 3.68. The van der Waals surface area contributed by atoms with E-state index in [1.165, 1.54) is 28.4 Å². The third-order valence-corrected chi connectivity index (χ3v) is 6.13. The van der Waals surface area contributed by atoms with Crippen LogP contribution in [-0.2, 0) is 6.42 Å². The maximum Gasteiger partial charge on any atom is 0.0916 e. The summed E-state index contributed by atoms with van der Waals surface area (Å²) in [5.74, 6) is 0.724. The molecule has 0 saturated carbocycles. The number of nitrogens with zero attached hydrogens (tertiary/aromatic N) is 1. The number of aliphatic hydroxyl groups is 1. The van der Waals surface area contributed by atoms with Gasteiger partial charge in [-0.3, -0.25) is 0 Å². The maximum absolute atomic E-state index is 10.4. The van der Waals surface area contributed by atoms with E-state index in [1.807, 2.05) is 24.3 Å². The number of rotatable bonds is 5. The summed E-state index contributed by atoms with van der Waals surface area (Å²) in [7, 11) is 0. The van der Waals surface area contributed by atoms with Gasteiger partial charge in [0.05, 0.1) is 6.10 Å². The molecule has 1 unspecified atom stereocenters. The molecule has 25 heavy (non-hydrogen) atoms. The molecule has 1 aliphatic heterocycles. The van der Waals surface area contributed by atoms with Crippen LogP contribution in [0, 0.1) is 12.8 Å². The van der Waals surface area contributed by atoms with Crippen LogP contribution in [0.3, 0.4) is 0 Å². The Kier molecular flexibility index (Phi) is 6.56. The van der Waals surface area contributed by atoms with Gasteiger partial charge in [0.2, 0.25) is 0 Å². The topological polar surface area (TPSA) is 23.5 Å². The van der Waals surface area contributed by atoms with Crippen molar-refractivity contribution >= 4 is 27.5 Å². The second-order valence-electron chi connectivity index (χ2n) is 7.11. The van der Waals surface area contributed by atoms with Crippen molar-refractivity contribution in [3.05, 3.63) is 68.7 Å². The smallest absolute Gasteiger partial charge is 0.0916 e. The minimum Gasteiger partial charge on any atom is -0.387 e. The molecule has 1 fully saturated rings. The quantitative estimate of drug-likeness (QED) is 0.697. The molecule has 1 N–H and O–H groups in total. The van der Waals surface area contributed by atoms with E-state index < -0.39 is 6.10 Å². The highest BCUT2D eigenvalue weighted by atomic mass is 79.9. The van der Waals surface area contributed by atoms with Gasteiger partial charge in [-0.15, -0.1) is 0 Å². The number of β-amino-alcohol motifs (C(OH)–C–C–N with tert-alkyl or cyclic N) is 1. The maximum atomic E-state index is 10.4. The van der Waals surface area contributed by atoms with Crippen molar-refractivity contribution in [1.82, 2.24) is 4.90 Å². The van der Waals surface area contributed by atoms with E-state index in [2.05, 4.69) is 46.0 Å². The molecule has 4 heteroatoms. The van der Waals surface area contributed by atoms with Crippen LogP contribution in [0.1, 0.15) is 35.6 Å². The van der Waals surface area contributed by atoms with Crippen LogP contribution in [0.5, 0.6) is 0 Å². The van der Waals surface area contributed by atoms with Gasteiger partial charge in [-0.1, -0.05) is 57.4 Å². The van der Waals surface area contributed by atoms with E-state index in [0.29, 0.717) is 11.6 Å². The van der Waals surface area contributed by atoms with E-state index in [-0.39, 0.29) is 0 Å². The van der Waals surface area contributed by atoms with Crippen LogP contribution in [0.2, 0.25) is 5.02 Å². The van der Waals surface area contributed by atoms with Crippen LogP contribution in [0.25, 0.3) is 0 Å². The molecule has 0 bridgehead atoms. The van der Waals surface area contributed by atoms with Crippen LogP contribution >= 0.6 is 27.5 Å². The molecule has 1 aliphatic rings. The first-order valence-electron chi connectivity index (χ1n) is 8.92. The molecule has 0 aromatic heterocycles. The lowest BCUT2D eigenvalue weighted by molar-refractivity contribution is 0.0893. The molecular formula is C21H25BrClNO. The lowest BCUT2D eigenvalue weighted by atomic mass is 9.89. The molecule has 2 aromatic rings. The van der Waals surface area contributed by atoms with Gasteiger partial charge in [0, 0.05) is 16.0 Å². The molecule has 1 atom stereocenters. The van der Waals surface area contributed by atoms with Gasteiger partial charge in [0.15, 0.2) is 0 Å². The van der Waals surface area contributed by atoms with Crippen molar-refractivity contribution in [2.75, 3.05) is 19.6 Å². The first-order valence-corrected chi connectivity index (χ1v) is 10.1. The lowest BCUT2D eigenvalue weighted by Crippen LogP contribution is -2.37. The second-order valence-corrected chi connectivity index (χ2v) is 8.40. The molecule has 0 amide bonds. The Morgan fingerprint density at radius 3 is 2.52 bits per heavy atom. The van der Waals surface area contributed by atoms with Crippen molar-refractivity contribution in [2.45, 2.75) is 32.3 Å². The highest BCUT2D eigenvalue weighted by Crippen LogP contribution is 2.27. The summed E-state index contributed by atoms with van der Waals surface area (Å²) < 4.78 is 1.22. The molecular weight excluding hydrogens is 398 g/mol. The molecule has 3 rings (SSSR count). The van der Waals surface area contributed by atoms with Gasteiger partial charge < -0.3 is 10.0 Å². The van der Waals surface area contributed by atoms with Crippen molar-refractivity contribution in [3.8, 4) is 0 Å².